The van der Waals surface area contributed by atoms with Crippen LogP contribution in [0.3, 0.4) is 0 Å². The molecule has 0 aliphatic carbocycles. The average molecular weight is 498 g/mol. The van der Waals surface area contributed by atoms with Crippen molar-refractivity contribution in [2.24, 2.45) is 5.92 Å². The lowest BCUT2D eigenvalue weighted by Crippen LogP contribution is -2.44. The Bertz CT molecular complexity index is 1160. The molecule has 1 saturated heterocycles. The van der Waals surface area contributed by atoms with Gasteiger partial charge in [0.2, 0.25) is 15.9 Å². The molecule has 1 aliphatic heterocycles. The summed E-state index contributed by atoms with van der Waals surface area (Å²) < 4.78 is 38.5. The summed E-state index contributed by atoms with van der Waals surface area (Å²) >= 11 is 6.12. The van der Waals surface area contributed by atoms with Crippen LogP contribution in [-0.2, 0) is 19.6 Å². The van der Waals surface area contributed by atoms with Crippen LogP contribution in [0.2, 0.25) is 5.02 Å². The van der Waals surface area contributed by atoms with Crippen LogP contribution in [0.5, 0.6) is 5.75 Å². The maximum Gasteiger partial charge on any atom is 0.341 e. The number of aryl methyl sites for hydroxylation is 2. The van der Waals surface area contributed by atoms with Gasteiger partial charge in [-0.15, -0.1) is 0 Å². The highest BCUT2D eigenvalue weighted by molar-refractivity contribution is 7.89. The quantitative estimate of drug-likeness (QED) is 0.565. The lowest BCUT2D eigenvalue weighted by Gasteiger charge is -2.31. The maximum atomic E-state index is 13.5. The lowest BCUT2D eigenvalue weighted by molar-refractivity contribution is -0.120. The zero-order chi connectivity index (χ0) is 24.3. The molecule has 11 heteroatoms. The van der Waals surface area contributed by atoms with Gasteiger partial charge in [-0.1, -0.05) is 11.6 Å². The molecule has 3 rings (SSSR count). The first-order valence-corrected chi connectivity index (χ1v) is 12.4. The number of aromatic nitrogens is 1. The SMILES string of the molecule is CCOC(=O)c1c(C)[nH]c(C)c1S(=O)(=O)N1CCC[C@H](C(=O)Nc2ccc(OC)c(Cl)c2)C1. The molecule has 2 heterocycles. The fraction of sp³-hybridized carbons (Fsp3) is 0.455. The largest absolute Gasteiger partial charge is 0.495 e. The van der Waals surface area contributed by atoms with Crippen molar-refractivity contribution in [3.8, 4) is 5.75 Å². The Morgan fingerprint density at radius 3 is 2.64 bits per heavy atom. The number of amides is 1. The van der Waals surface area contributed by atoms with Gasteiger partial charge in [-0.3, -0.25) is 4.79 Å². The van der Waals surface area contributed by atoms with E-state index in [9.17, 15) is 18.0 Å². The summed E-state index contributed by atoms with van der Waals surface area (Å²) in [5, 5.41) is 3.15. The van der Waals surface area contributed by atoms with E-state index in [4.69, 9.17) is 21.1 Å². The van der Waals surface area contributed by atoms with Crippen LogP contribution < -0.4 is 10.1 Å². The molecule has 1 aromatic carbocycles. The lowest BCUT2D eigenvalue weighted by atomic mass is 9.98. The Morgan fingerprint density at radius 1 is 1.27 bits per heavy atom. The number of nitrogens with one attached hydrogen (secondary N) is 2. The number of methoxy groups -OCH3 is 1. The van der Waals surface area contributed by atoms with Gasteiger partial charge in [-0.25, -0.2) is 13.2 Å². The Kier molecular flexibility index (Phi) is 7.71. The van der Waals surface area contributed by atoms with Crippen LogP contribution in [0.25, 0.3) is 0 Å². The minimum atomic E-state index is -4.04. The van der Waals surface area contributed by atoms with Crippen LogP contribution >= 0.6 is 11.6 Å². The molecule has 1 fully saturated rings. The van der Waals surface area contributed by atoms with Gasteiger partial charge < -0.3 is 19.8 Å². The van der Waals surface area contributed by atoms with Gasteiger partial charge in [-0.2, -0.15) is 4.31 Å². The molecule has 1 aliphatic rings. The number of esters is 1. The molecule has 0 saturated carbocycles. The first kappa shape index (κ1) is 25.1. The summed E-state index contributed by atoms with van der Waals surface area (Å²) in [6.07, 6.45) is 1.05. The Balaban J connectivity index is 1.82. The van der Waals surface area contributed by atoms with Gasteiger partial charge in [0.25, 0.3) is 0 Å². The minimum Gasteiger partial charge on any atom is -0.495 e. The van der Waals surface area contributed by atoms with Crippen molar-refractivity contribution in [1.29, 1.82) is 0 Å². The summed E-state index contributed by atoms with van der Waals surface area (Å²) in [6.45, 7) is 5.28. The van der Waals surface area contributed by atoms with E-state index in [1.807, 2.05) is 0 Å². The van der Waals surface area contributed by atoms with Crippen molar-refractivity contribution in [2.45, 2.75) is 38.5 Å². The second-order valence-corrected chi connectivity index (χ2v) is 10.1. The number of hydrogen-bond donors (Lipinski definition) is 2. The van der Waals surface area contributed by atoms with Crippen molar-refractivity contribution < 1.29 is 27.5 Å². The van der Waals surface area contributed by atoms with Crippen molar-refractivity contribution in [2.75, 3.05) is 32.1 Å². The maximum absolute atomic E-state index is 13.5. The zero-order valence-corrected chi connectivity index (χ0v) is 20.6. The van der Waals surface area contributed by atoms with Gasteiger partial charge >= 0.3 is 5.97 Å². The number of halogens is 1. The number of nitrogens with zero attached hydrogens (tertiary/aromatic N) is 1. The molecule has 1 amide bonds. The molecule has 0 bridgehead atoms. The standard InChI is InChI=1S/C22H28ClN3O6S/c1-5-32-22(28)19-13(2)24-14(3)20(19)33(29,30)26-10-6-7-15(12-26)21(27)25-16-8-9-18(31-4)17(23)11-16/h8-9,11,15,24H,5-7,10,12H2,1-4H3,(H,25,27)/t15-/m0/s1. The number of carbonyl (C=O) groups is 2. The van der Waals surface area contributed by atoms with Gasteiger partial charge in [0.1, 0.15) is 16.2 Å². The third-order valence-electron chi connectivity index (χ3n) is 5.57. The van der Waals surface area contributed by atoms with E-state index in [-0.39, 0.29) is 36.1 Å². The van der Waals surface area contributed by atoms with Crippen LogP contribution in [0.15, 0.2) is 23.1 Å². The third-order valence-corrected chi connectivity index (χ3v) is 7.90. The number of benzene rings is 1. The number of hydrogen-bond acceptors (Lipinski definition) is 6. The molecule has 0 radical (unpaired) electrons. The molecule has 1 aromatic heterocycles. The number of ether oxygens (including phenoxy) is 2. The molecule has 2 aromatic rings. The van der Waals surface area contributed by atoms with E-state index in [1.54, 1.807) is 39.0 Å². The predicted octanol–water partition coefficient (Wildman–Crippen LogP) is 3.51. The van der Waals surface area contributed by atoms with E-state index in [0.717, 1.165) is 0 Å². The fourth-order valence-corrected chi connectivity index (χ4v) is 6.22. The second-order valence-electron chi connectivity index (χ2n) is 7.84. The van der Waals surface area contributed by atoms with Gasteiger partial charge in [0, 0.05) is 30.2 Å². The topological polar surface area (TPSA) is 118 Å². The molecule has 0 unspecified atom stereocenters. The van der Waals surface area contributed by atoms with Gasteiger partial charge in [0.05, 0.1) is 24.7 Å². The first-order chi connectivity index (χ1) is 15.6. The summed E-state index contributed by atoms with van der Waals surface area (Å²) in [6, 6.07) is 4.88. The Morgan fingerprint density at radius 2 is 2.00 bits per heavy atom. The highest BCUT2D eigenvalue weighted by atomic mass is 35.5. The van der Waals surface area contributed by atoms with E-state index in [1.165, 1.54) is 11.4 Å². The van der Waals surface area contributed by atoms with Crippen LogP contribution in [-0.4, -0.2) is 56.4 Å². The number of H-pyrrole nitrogens is 1. The molecule has 9 nitrogen and oxygen atoms in total. The zero-order valence-electron chi connectivity index (χ0n) is 19.0. The molecule has 1 atom stereocenters. The average Bonchev–Trinajstić information content (AvgIpc) is 3.08. The number of aromatic amines is 1. The molecule has 180 valence electrons. The van der Waals surface area contributed by atoms with Crippen molar-refractivity contribution >= 4 is 39.2 Å². The molecular formula is C22H28ClN3O6S. The second kappa shape index (κ2) is 10.1. The summed E-state index contributed by atoms with van der Waals surface area (Å²) in [4.78, 5) is 28.2. The molecule has 0 spiro atoms. The predicted molar refractivity (Wildman–Crippen MR) is 124 cm³/mol. The van der Waals surface area contributed by atoms with Crippen molar-refractivity contribution in [3.05, 3.63) is 40.2 Å². The number of carbonyl (C=O) groups excluding carboxylic acids is 2. The van der Waals surface area contributed by atoms with Crippen molar-refractivity contribution in [1.82, 2.24) is 9.29 Å². The summed E-state index contributed by atoms with van der Waals surface area (Å²) in [7, 11) is -2.54. The van der Waals surface area contributed by atoms with E-state index in [2.05, 4.69) is 10.3 Å². The van der Waals surface area contributed by atoms with E-state index >= 15 is 0 Å². The number of piperidine rings is 1. The smallest absolute Gasteiger partial charge is 0.341 e. The number of sulfonamides is 1. The normalized spacial score (nSPS) is 16.9. The van der Waals surface area contributed by atoms with Crippen LogP contribution in [0.4, 0.5) is 5.69 Å². The Labute approximate surface area is 198 Å². The highest BCUT2D eigenvalue weighted by Gasteiger charge is 2.38. The number of rotatable bonds is 7. The van der Waals surface area contributed by atoms with Gasteiger partial charge in [0.15, 0.2) is 0 Å². The highest BCUT2D eigenvalue weighted by Crippen LogP contribution is 2.32. The number of anilines is 1. The molecular weight excluding hydrogens is 470 g/mol. The Hall–Kier alpha value is -2.56. The molecule has 2 N–H and O–H groups in total. The fourth-order valence-electron chi connectivity index (χ4n) is 4.02. The summed E-state index contributed by atoms with van der Waals surface area (Å²) in [5.74, 6) is -1.07. The molecule has 33 heavy (non-hydrogen) atoms. The van der Waals surface area contributed by atoms with Crippen LogP contribution in [0.1, 0.15) is 41.5 Å². The third kappa shape index (κ3) is 5.18. The monoisotopic (exact) mass is 497 g/mol. The van der Waals surface area contributed by atoms with Crippen LogP contribution in [0, 0.1) is 19.8 Å². The summed E-state index contributed by atoms with van der Waals surface area (Å²) in [5.41, 5.74) is 1.28. The van der Waals surface area contributed by atoms with E-state index in [0.29, 0.717) is 40.7 Å². The minimum absolute atomic E-state index is 0.00395. The van der Waals surface area contributed by atoms with E-state index < -0.39 is 21.9 Å². The van der Waals surface area contributed by atoms with Gasteiger partial charge in [-0.05, 0) is 51.8 Å². The first-order valence-electron chi connectivity index (χ1n) is 10.6. The van der Waals surface area contributed by atoms with Crippen molar-refractivity contribution in [3.63, 3.8) is 0 Å².